The Morgan fingerprint density at radius 3 is 2.85 bits per heavy atom. The molecule has 3 rings (SSSR count). The predicted octanol–water partition coefficient (Wildman–Crippen LogP) is 3.37. The van der Waals surface area contributed by atoms with Crippen molar-refractivity contribution in [2.75, 3.05) is 13.7 Å². The van der Waals surface area contributed by atoms with Crippen molar-refractivity contribution >= 4 is 11.8 Å². The summed E-state index contributed by atoms with van der Waals surface area (Å²) < 4.78 is 5.40. The highest BCUT2D eigenvalue weighted by atomic mass is 16.5. The molecule has 0 fully saturated rings. The number of hydrogen-bond acceptors (Lipinski definition) is 3. The molecule has 2 heterocycles. The van der Waals surface area contributed by atoms with Crippen molar-refractivity contribution in [2.24, 2.45) is 4.99 Å². The molecule has 0 bridgehead atoms. The second-order valence-electron chi connectivity index (χ2n) is 4.63. The van der Waals surface area contributed by atoms with Gasteiger partial charge < -0.3 is 4.74 Å². The summed E-state index contributed by atoms with van der Waals surface area (Å²) in [6, 6.07) is 12.0. The molecule has 0 saturated carbocycles. The second-order valence-corrected chi connectivity index (χ2v) is 4.63. The van der Waals surface area contributed by atoms with Gasteiger partial charge in [-0.05, 0) is 36.3 Å². The first-order valence-electron chi connectivity index (χ1n) is 6.67. The Morgan fingerprint density at radius 2 is 2.05 bits per heavy atom. The number of pyridine rings is 1. The van der Waals surface area contributed by atoms with Crippen molar-refractivity contribution < 1.29 is 4.74 Å². The van der Waals surface area contributed by atoms with Crippen LogP contribution in [0.2, 0.25) is 0 Å². The molecule has 100 valence electrons. The van der Waals surface area contributed by atoms with Crippen molar-refractivity contribution in [3.05, 3.63) is 65.5 Å². The number of aliphatic imine (C=N–C) groups is 1. The first kappa shape index (κ1) is 12.6. The molecular formula is C17H16N2O. The second kappa shape index (κ2) is 5.70. The van der Waals surface area contributed by atoms with Crippen LogP contribution in [0.25, 0.3) is 6.08 Å². The van der Waals surface area contributed by atoms with Crippen LogP contribution in [0.3, 0.4) is 0 Å². The van der Waals surface area contributed by atoms with E-state index in [-0.39, 0.29) is 0 Å². The van der Waals surface area contributed by atoms with Gasteiger partial charge >= 0.3 is 0 Å². The molecule has 1 aromatic heterocycles. The van der Waals surface area contributed by atoms with E-state index in [4.69, 9.17) is 4.74 Å². The number of aromatic nitrogens is 1. The highest BCUT2D eigenvalue weighted by Crippen LogP contribution is 2.25. The Balaban J connectivity index is 1.98. The third kappa shape index (κ3) is 2.48. The summed E-state index contributed by atoms with van der Waals surface area (Å²) in [6.07, 6.45) is 6.77. The molecule has 1 aromatic carbocycles. The number of ether oxygens (including phenoxy) is 1. The predicted molar refractivity (Wildman–Crippen MR) is 81.2 cm³/mol. The molecule has 0 radical (unpaired) electrons. The molecule has 3 nitrogen and oxygen atoms in total. The van der Waals surface area contributed by atoms with E-state index in [9.17, 15) is 0 Å². The zero-order valence-electron chi connectivity index (χ0n) is 11.4. The molecule has 0 amide bonds. The molecule has 0 atom stereocenters. The lowest BCUT2D eigenvalue weighted by atomic mass is 10.0. The summed E-state index contributed by atoms with van der Waals surface area (Å²) in [5.74, 6) is 0.887. The van der Waals surface area contributed by atoms with Gasteiger partial charge in [0, 0.05) is 30.1 Å². The van der Waals surface area contributed by atoms with Crippen LogP contribution in [0.1, 0.15) is 17.5 Å². The van der Waals surface area contributed by atoms with Gasteiger partial charge in [0.15, 0.2) is 0 Å². The van der Waals surface area contributed by atoms with Gasteiger partial charge in [0.05, 0.1) is 12.8 Å². The van der Waals surface area contributed by atoms with E-state index in [1.807, 2.05) is 36.5 Å². The first-order chi connectivity index (χ1) is 9.88. The lowest BCUT2D eigenvalue weighted by molar-refractivity contribution is 0.414. The van der Waals surface area contributed by atoms with Gasteiger partial charge in [-0.3, -0.25) is 9.98 Å². The van der Waals surface area contributed by atoms with Crippen LogP contribution in [-0.2, 0) is 0 Å². The summed E-state index contributed by atoms with van der Waals surface area (Å²) >= 11 is 0. The maximum Gasteiger partial charge on any atom is 0.126 e. The minimum absolute atomic E-state index is 0.839. The van der Waals surface area contributed by atoms with Crippen molar-refractivity contribution in [3.63, 3.8) is 0 Å². The summed E-state index contributed by atoms with van der Waals surface area (Å²) in [5, 5.41) is 0. The van der Waals surface area contributed by atoms with Gasteiger partial charge in [-0.15, -0.1) is 0 Å². The molecule has 3 heteroatoms. The van der Waals surface area contributed by atoms with Gasteiger partial charge in [-0.2, -0.15) is 0 Å². The highest BCUT2D eigenvalue weighted by Gasteiger charge is 2.16. The monoisotopic (exact) mass is 264 g/mol. The smallest absolute Gasteiger partial charge is 0.126 e. The average molecular weight is 264 g/mol. The van der Waals surface area contributed by atoms with Crippen LogP contribution in [0.15, 0.2) is 59.4 Å². The van der Waals surface area contributed by atoms with Crippen LogP contribution >= 0.6 is 0 Å². The lowest BCUT2D eigenvalue weighted by Gasteiger charge is -2.07. The maximum atomic E-state index is 5.40. The van der Waals surface area contributed by atoms with E-state index in [0.29, 0.717) is 0 Å². The molecule has 1 aliphatic rings. The summed E-state index contributed by atoms with van der Waals surface area (Å²) in [5.41, 5.74) is 4.45. The zero-order chi connectivity index (χ0) is 13.8. The van der Waals surface area contributed by atoms with Gasteiger partial charge in [0.1, 0.15) is 5.75 Å². The molecule has 0 spiro atoms. The molecule has 0 aliphatic carbocycles. The molecule has 0 unspecified atom stereocenters. The quantitative estimate of drug-likeness (QED) is 0.852. The fourth-order valence-electron chi connectivity index (χ4n) is 2.40. The molecule has 2 aromatic rings. The van der Waals surface area contributed by atoms with Crippen molar-refractivity contribution in [1.82, 2.24) is 4.98 Å². The fourth-order valence-corrected chi connectivity index (χ4v) is 2.40. The largest absolute Gasteiger partial charge is 0.496 e. The van der Waals surface area contributed by atoms with Crippen LogP contribution in [0.4, 0.5) is 0 Å². The van der Waals surface area contributed by atoms with Crippen molar-refractivity contribution in [2.45, 2.75) is 6.42 Å². The standard InChI is InChI=1S/C17H16N2O/c1-20-16-7-3-2-5-13(16)11-14-8-10-19-17(14)15-6-4-9-18-12-15/h2-7,9,11-12H,8,10H2,1H3/b14-11+. The van der Waals surface area contributed by atoms with E-state index < -0.39 is 0 Å². The maximum absolute atomic E-state index is 5.40. The minimum Gasteiger partial charge on any atom is -0.496 e. The van der Waals surface area contributed by atoms with E-state index in [1.165, 1.54) is 5.57 Å². The topological polar surface area (TPSA) is 34.5 Å². The minimum atomic E-state index is 0.839. The number of benzene rings is 1. The molecule has 1 aliphatic heterocycles. The summed E-state index contributed by atoms with van der Waals surface area (Å²) in [7, 11) is 1.70. The number of para-hydroxylation sites is 1. The summed E-state index contributed by atoms with van der Waals surface area (Å²) in [6.45, 7) is 0.839. The van der Waals surface area contributed by atoms with Gasteiger partial charge in [-0.1, -0.05) is 18.2 Å². The summed E-state index contributed by atoms with van der Waals surface area (Å²) in [4.78, 5) is 8.78. The number of nitrogens with zero attached hydrogens (tertiary/aromatic N) is 2. The average Bonchev–Trinajstić information content (AvgIpc) is 2.97. The zero-order valence-corrected chi connectivity index (χ0v) is 11.4. The van der Waals surface area contributed by atoms with Crippen LogP contribution in [0.5, 0.6) is 5.75 Å². The van der Waals surface area contributed by atoms with Gasteiger partial charge in [0.2, 0.25) is 0 Å². The van der Waals surface area contributed by atoms with Crippen LogP contribution < -0.4 is 4.74 Å². The number of hydrogen-bond donors (Lipinski definition) is 0. The Kier molecular flexibility index (Phi) is 3.59. The van der Waals surface area contributed by atoms with E-state index in [0.717, 1.165) is 35.6 Å². The molecular weight excluding hydrogens is 248 g/mol. The Labute approximate surface area is 118 Å². The third-order valence-electron chi connectivity index (χ3n) is 3.36. The number of methoxy groups -OCH3 is 1. The lowest BCUT2D eigenvalue weighted by Crippen LogP contribution is -2.00. The van der Waals surface area contributed by atoms with Crippen molar-refractivity contribution in [1.29, 1.82) is 0 Å². The third-order valence-corrected chi connectivity index (χ3v) is 3.36. The fraction of sp³-hybridized carbons (Fsp3) is 0.176. The molecule has 20 heavy (non-hydrogen) atoms. The van der Waals surface area contributed by atoms with E-state index in [1.54, 1.807) is 13.3 Å². The Bertz CT molecular complexity index is 660. The Hall–Kier alpha value is -2.42. The first-order valence-corrected chi connectivity index (χ1v) is 6.67. The van der Waals surface area contributed by atoms with E-state index in [2.05, 4.69) is 22.1 Å². The number of rotatable bonds is 3. The van der Waals surface area contributed by atoms with E-state index >= 15 is 0 Å². The van der Waals surface area contributed by atoms with Gasteiger partial charge in [-0.25, -0.2) is 0 Å². The normalized spacial score (nSPS) is 16.2. The van der Waals surface area contributed by atoms with Crippen LogP contribution in [-0.4, -0.2) is 24.4 Å². The Morgan fingerprint density at radius 1 is 1.15 bits per heavy atom. The van der Waals surface area contributed by atoms with Crippen LogP contribution in [0, 0.1) is 0 Å². The molecule has 0 saturated heterocycles. The highest BCUT2D eigenvalue weighted by molar-refractivity contribution is 6.16. The molecule has 0 N–H and O–H groups in total. The van der Waals surface area contributed by atoms with Gasteiger partial charge in [0.25, 0.3) is 0 Å². The van der Waals surface area contributed by atoms with Crippen molar-refractivity contribution in [3.8, 4) is 5.75 Å². The SMILES string of the molecule is COc1ccccc1/C=C1\CCN=C1c1cccnc1.